The first-order valence-electron chi connectivity index (χ1n) is 23.6. The first-order valence-corrected chi connectivity index (χ1v) is 27.6. The number of ether oxygens (including phenoxy) is 1. The maximum Gasteiger partial charge on any atom is 0.410 e. The number of halogens is 4. The Labute approximate surface area is 443 Å². The molecule has 0 saturated carbocycles. The van der Waals surface area contributed by atoms with Crippen LogP contribution in [0.15, 0.2) is 56.0 Å². The van der Waals surface area contributed by atoms with Crippen LogP contribution in [0.25, 0.3) is 33.4 Å². The van der Waals surface area contributed by atoms with Gasteiger partial charge in [0.1, 0.15) is 27.5 Å². The predicted molar refractivity (Wildman–Crippen MR) is 292 cm³/mol. The van der Waals surface area contributed by atoms with Crippen LogP contribution in [-0.2, 0) is 4.74 Å². The van der Waals surface area contributed by atoms with Crippen molar-refractivity contribution < 1.29 is 9.53 Å². The number of hydrogen-bond donors (Lipinski definition) is 0. The van der Waals surface area contributed by atoms with Gasteiger partial charge in [0.15, 0.2) is 11.3 Å². The number of hydrogen-bond acceptors (Lipinski definition) is 14. The third kappa shape index (κ3) is 11.3. The van der Waals surface area contributed by atoms with Crippen molar-refractivity contribution in [3.05, 3.63) is 89.4 Å². The molecule has 6 aromatic heterocycles. The fourth-order valence-electron chi connectivity index (χ4n) is 9.12. The van der Waals surface area contributed by atoms with E-state index >= 15 is 0 Å². The van der Waals surface area contributed by atoms with E-state index in [0.717, 1.165) is 40.6 Å². The van der Waals surface area contributed by atoms with Crippen molar-refractivity contribution in [3.8, 4) is 11.4 Å². The summed E-state index contributed by atoms with van der Waals surface area (Å²) in [5, 5.41) is 2.14. The van der Waals surface area contributed by atoms with E-state index in [1.165, 1.54) is 16.3 Å². The van der Waals surface area contributed by atoms with Gasteiger partial charge in [0.25, 0.3) is 0 Å². The molecule has 21 heteroatoms. The molecule has 4 atom stereocenters. The zero-order chi connectivity index (χ0) is 52.0. The van der Waals surface area contributed by atoms with Crippen LogP contribution in [0.4, 0.5) is 16.4 Å². The number of anilines is 2. The van der Waals surface area contributed by atoms with E-state index in [2.05, 4.69) is 62.5 Å². The van der Waals surface area contributed by atoms with E-state index in [0.29, 0.717) is 69.1 Å². The van der Waals surface area contributed by atoms with Crippen LogP contribution >= 0.6 is 69.9 Å². The quantitative estimate of drug-likeness (QED) is 0.105. The number of rotatable bonds is 8. The molecular weight excluding hydrogens is 1020 g/mol. The Morgan fingerprint density at radius 2 is 1.11 bits per heavy atom. The Balaban J connectivity index is 0.000000213. The minimum atomic E-state index is -0.599. The van der Waals surface area contributed by atoms with Crippen LogP contribution in [-0.4, -0.2) is 106 Å². The second kappa shape index (κ2) is 22.0. The second-order valence-corrected chi connectivity index (χ2v) is 23.1. The topological polar surface area (TPSA) is 157 Å². The molecule has 6 aromatic rings. The van der Waals surface area contributed by atoms with Crippen molar-refractivity contribution in [2.75, 3.05) is 41.9 Å². The van der Waals surface area contributed by atoms with Crippen LogP contribution in [0.3, 0.4) is 0 Å². The van der Waals surface area contributed by atoms with E-state index in [-0.39, 0.29) is 51.4 Å². The molecule has 71 heavy (non-hydrogen) atoms. The molecule has 2 aliphatic rings. The first-order chi connectivity index (χ1) is 33.5. The molecule has 1 amide bonds. The molecule has 8 heterocycles. The van der Waals surface area contributed by atoms with E-state index in [4.69, 9.17) is 51.1 Å². The number of amides is 1. The molecule has 380 valence electrons. The van der Waals surface area contributed by atoms with Gasteiger partial charge in [-0.1, -0.05) is 81.0 Å². The molecule has 0 radical (unpaired) electrons. The average Bonchev–Trinajstić information content (AvgIpc) is 3.30. The summed E-state index contributed by atoms with van der Waals surface area (Å²) in [6.45, 7) is 23.7. The fraction of sp³-hybridized carbons (Fsp3) is 0.500. The summed E-state index contributed by atoms with van der Waals surface area (Å²) >= 11 is 28.7. The first kappa shape index (κ1) is 54.4. The van der Waals surface area contributed by atoms with Gasteiger partial charge in [0.2, 0.25) is 0 Å². The van der Waals surface area contributed by atoms with Gasteiger partial charge in [-0.3, -0.25) is 9.97 Å². The highest BCUT2D eigenvalue weighted by molar-refractivity contribution is 7.99. The van der Waals surface area contributed by atoms with Crippen LogP contribution in [0.1, 0.15) is 112 Å². The Morgan fingerprint density at radius 3 is 1.54 bits per heavy atom. The van der Waals surface area contributed by atoms with Gasteiger partial charge < -0.3 is 19.4 Å². The van der Waals surface area contributed by atoms with Gasteiger partial charge in [-0.05, 0) is 109 Å². The van der Waals surface area contributed by atoms with Gasteiger partial charge >= 0.3 is 17.5 Å². The average molecular weight is 1090 g/mol. The number of nitrogens with zero attached hydrogens (tertiary/aromatic N) is 11. The summed E-state index contributed by atoms with van der Waals surface area (Å²) in [5.41, 5.74) is 2.20. The molecule has 2 saturated heterocycles. The number of piperazine rings is 1. The number of aromatic nitrogens is 8. The van der Waals surface area contributed by atoms with Crippen molar-refractivity contribution in [2.45, 2.75) is 134 Å². The van der Waals surface area contributed by atoms with Crippen molar-refractivity contribution in [1.82, 2.24) is 43.9 Å². The minimum absolute atomic E-state index is 0.0401. The summed E-state index contributed by atoms with van der Waals surface area (Å²) in [5.74, 6) is 1.71. The van der Waals surface area contributed by atoms with E-state index < -0.39 is 17.0 Å². The van der Waals surface area contributed by atoms with Crippen LogP contribution in [0, 0.1) is 5.92 Å². The molecule has 0 spiro atoms. The highest BCUT2D eigenvalue weighted by atomic mass is 35.5. The van der Waals surface area contributed by atoms with Crippen molar-refractivity contribution in [1.29, 1.82) is 0 Å². The molecule has 0 bridgehead atoms. The molecule has 8 rings (SSSR count). The lowest BCUT2D eigenvalue weighted by molar-refractivity contribution is 0.0130. The van der Waals surface area contributed by atoms with E-state index in [9.17, 15) is 14.4 Å². The Bertz CT molecular complexity index is 3110. The Morgan fingerprint density at radius 1 is 0.662 bits per heavy atom. The lowest BCUT2D eigenvalue weighted by Gasteiger charge is -2.44. The predicted octanol–water partition coefficient (Wildman–Crippen LogP) is 12.1. The van der Waals surface area contributed by atoms with E-state index in [1.807, 2.05) is 78.0 Å². The van der Waals surface area contributed by atoms with Crippen molar-refractivity contribution >= 4 is 110 Å². The molecule has 0 aromatic carbocycles. The molecule has 0 aliphatic carbocycles. The Hall–Kier alpha value is -4.39. The third-order valence-corrected chi connectivity index (χ3v) is 15.5. The number of carbonyl (C=O) groups is 1. The van der Waals surface area contributed by atoms with Gasteiger partial charge in [-0.25, -0.2) is 33.5 Å². The number of piperidine rings is 1. The molecule has 2 aliphatic heterocycles. The summed E-state index contributed by atoms with van der Waals surface area (Å²) in [6.07, 6.45) is 9.27. The second-order valence-electron chi connectivity index (χ2n) is 19.8. The van der Waals surface area contributed by atoms with Gasteiger partial charge in [0.05, 0.1) is 43.6 Å². The number of pyridine rings is 4. The summed E-state index contributed by atoms with van der Waals surface area (Å²) < 4.78 is 8.66. The molecule has 15 nitrogen and oxygen atoms in total. The number of carbonyl (C=O) groups excluding carboxylic acids is 1. The van der Waals surface area contributed by atoms with Crippen LogP contribution in [0.2, 0.25) is 20.4 Å². The summed E-state index contributed by atoms with van der Waals surface area (Å²) in [4.78, 5) is 75.6. The summed E-state index contributed by atoms with van der Waals surface area (Å²) in [7, 11) is 0. The third-order valence-electron chi connectivity index (χ3n) is 12.6. The molecular formula is C50H61Cl4N11O4S2. The zero-order valence-electron chi connectivity index (χ0n) is 42.3. The van der Waals surface area contributed by atoms with E-state index in [1.54, 1.807) is 45.8 Å². The highest BCUT2D eigenvalue weighted by Crippen LogP contribution is 2.39. The Kier molecular flexibility index (Phi) is 16.8. The molecule has 2 fully saturated rings. The standard InChI is InChI=1S/C27H34Cl2N6O3S.C23H27Cl2N5OS/c1-14(2)20-21(19(39-8)9-10-30-20)35-24-17(11-18(28)22(29)31-24)23(32-25(35)36)33-12-16(4)34(13-15(33)3)26(37)38-27(5,6)7;1-12(2)18-19(17(32-5)8-9-26-18)30-22-15(10-16(24)20(25)27-22)21(28-23(30)31)29-11-13(3)6-7-14(29)4/h9-11,14-16H,12-13H2,1-8H3;8-10,12-14H,6-7,11H2,1-5H3/t15-,16+;13-,14-/m00/s1. The van der Waals surface area contributed by atoms with Crippen LogP contribution < -0.4 is 21.2 Å². The lowest BCUT2D eigenvalue weighted by atomic mass is 9.95. The number of thioether (sulfide) groups is 2. The SMILES string of the molecule is CSc1ccnc(C(C)C)c1-n1c(=O)nc(N2C[C@@H](C)CC[C@@H]2C)c2cc(Cl)c(Cl)nc21.CSc1ccnc(C(C)C)c1-n1c(=O)nc(N2C[C@@H](C)N(C(=O)OC(C)(C)C)C[C@@H]2C)c2cc(Cl)c(Cl)nc21. The van der Waals surface area contributed by atoms with Gasteiger partial charge in [-0.2, -0.15) is 9.97 Å². The molecule has 0 N–H and O–H groups in total. The normalized spacial score (nSPS) is 18.7. The largest absolute Gasteiger partial charge is 0.444 e. The van der Waals surface area contributed by atoms with Crippen molar-refractivity contribution in [3.63, 3.8) is 0 Å². The van der Waals surface area contributed by atoms with Gasteiger partial charge in [0, 0.05) is 59.9 Å². The minimum Gasteiger partial charge on any atom is -0.444 e. The smallest absolute Gasteiger partial charge is 0.410 e. The molecule has 0 unspecified atom stereocenters. The maximum atomic E-state index is 13.8. The van der Waals surface area contributed by atoms with Gasteiger partial charge in [-0.15, -0.1) is 23.5 Å². The lowest BCUT2D eigenvalue weighted by Crippen LogP contribution is -2.59. The van der Waals surface area contributed by atoms with Crippen LogP contribution in [0.5, 0.6) is 0 Å². The number of fused-ring (bicyclic) bond motifs is 2. The summed E-state index contributed by atoms with van der Waals surface area (Å²) in [6, 6.07) is 7.16. The van der Waals surface area contributed by atoms with Crippen molar-refractivity contribution in [2.24, 2.45) is 5.92 Å². The maximum absolute atomic E-state index is 13.8. The monoisotopic (exact) mass is 1080 g/mol. The highest BCUT2D eigenvalue weighted by Gasteiger charge is 2.37. The fourth-order valence-corrected chi connectivity index (χ4v) is 10.9. The zero-order valence-corrected chi connectivity index (χ0v) is 47.0.